The number of rotatable bonds is 4. The van der Waals surface area contributed by atoms with Gasteiger partial charge in [0.1, 0.15) is 0 Å². The fraction of sp³-hybridized carbons (Fsp3) is 0.714. The van der Waals surface area contributed by atoms with Crippen molar-refractivity contribution in [1.82, 2.24) is 4.90 Å². The van der Waals surface area contributed by atoms with Crippen molar-refractivity contribution in [3.63, 3.8) is 0 Å². The molecule has 1 aliphatic carbocycles. The Bertz CT molecular complexity index is 323. The van der Waals surface area contributed by atoms with Crippen molar-refractivity contribution in [2.45, 2.75) is 64.3 Å². The van der Waals surface area contributed by atoms with Gasteiger partial charge in [0.2, 0.25) is 0 Å². The van der Waals surface area contributed by atoms with E-state index in [2.05, 4.69) is 36.3 Å². The Balaban J connectivity index is 2.05. The molecule has 96 valence electrons. The maximum atomic E-state index is 10.2. The van der Waals surface area contributed by atoms with Crippen molar-refractivity contribution >= 4 is 11.3 Å². The van der Waals surface area contributed by atoms with Crippen LogP contribution in [0.25, 0.3) is 0 Å². The number of hydrogen-bond acceptors (Lipinski definition) is 3. The zero-order valence-corrected chi connectivity index (χ0v) is 11.6. The molecule has 1 aromatic rings. The zero-order valence-electron chi connectivity index (χ0n) is 10.8. The molecule has 3 heteroatoms. The molecule has 17 heavy (non-hydrogen) atoms. The molecule has 0 amide bonds. The Labute approximate surface area is 108 Å². The maximum Gasteiger partial charge on any atom is 0.0695 e. The SMILES string of the molecule is CC(C)N(Cc1cccs1)[C@H]1CCCC[C@@H]1O. The Morgan fingerprint density at radius 2 is 2.18 bits per heavy atom. The zero-order chi connectivity index (χ0) is 12.3. The molecular weight excluding hydrogens is 230 g/mol. The summed E-state index contributed by atoms with van der Waals surface area (Å²) in [6, 6.07) is 5.14. The molecular formula is C14H23NOS. The lowest BCUT2D eigenvalue weighted by molar-refractivity contribution is 0.000893. The highest BCUT2D eigenvalue weighted by Gasteiger charge is 2.30. The van der Waals surface area contributed by atoms with E-state index >= 15 is 0 Å². The number of thiophene rings is 1. The number of nitrogens with zero attached hydrogens (tertiary/aromatic N) is 1. The van der Waals surface area contributed by atoms with Crippen LogP contribution in [0.4, 0.5) is 0 Å². The largest absolute Gasteiger partial charge is 0.391 e. The lowest BCUT2D eigenvalue weighted by atomic mass is 9.90. The highest BCUT2D eigenvalue weighted by Crippen LogP contribution is 2.27. The molecule has 1 N–H and O–H groups in total. The minimum Gasteiger partial charge on any atom is -0.391 e. The molecule has 0 spiro atoms. The van der Waals surface area contributed by atoms with E-state index in [0.717, 1.165) is 19.4 Å². The summed E-state index contributed by atoms with van der Waals surface area (Å²) in [7, 11) is 0. The molecule has 2 rings (SSSR count). The lowest BCUT2D eigenvalue weighted by Gasteiger charge is -2.40. The van der Waals surface area contributed by atoms with Gasteiger partial charge in [-0.3, -0.25) is 4.90 Å². The summed E-state index contributed by atoms with van der Waals surface area (Å²) in [6.45, 7) is 5.45. The first-order chi connectivity index (χ1) is 8.18. The van der Waals surface area contributed by atoms with Gasteiger partial charge in [0, 0.05) is 23.5 Å². The third-order valence-electron chi connectivity index (χ3n) is 3.70. The van der Waals surface area contributed by atoms with Crippen molar-refractivity contribution in [1.29, 1.82) is 0 Å². The summed E-state index contributed by atoms with van der Waals surface area (Å²) in [6.07, 6.45) is 4.42. The first kappa shape index (κ1) is 13.1. The fourth-order valence-corrected chi connectivity index (χ4v) is 3.46. The fourth-order valence-electron chi connectivity index (χ4n) is 2.74. The first-order valence-electron chi connectivity index (χ1n) is 6.64. The van der Waals surface area contributed by atoms with Crippen molar-refractivity contribution in [2.24, 2.45) is 0 Å². The second kappa shape index (κ2) is 5.98. The Morgan fingerprint density at radius 3 is 2.76 bits per heavy atom. The van der Waals surface area contributed by atoms with Crippen molar-refractivity contribution < 1.29 is 5.11 Å². The van der Waals surface area contributed by atoms with Crippen LogP contribution in [0, 0.1) is 0 Å². The third kappa shape index (κ3) is 3.30. The van der Waals surface area contributed by atoms with E-state index in [1.54, 1.807) is 0 Å². The lowest BCUT2D eigenvalue weighted by Crippen LogP contribution is -2.48. The molecule has 1 saturated carbocycles. The molecule has 0 aliphatic heterocycles. The highest BCUT2D eigenvalue weighted by atomic mass is 32.1. The molecule has 0 unspecified atom stereocenters. The van der Waals surface area contributed by atoms with Crippen LogP contribution in [0.2, 0.25) is 0 Å². The molecule has 2 nitrogen and oxygen atoms in total. The van der Waals surface area contributed by atoms with Gasteiger partial charge in [-0.05, 0) is 38.1 Å². The Hall–Kier alpha value is -0.380. The van der Waals surface area contributed by atoms with E-state index in [4.69, 9.17) is 0 Å². The average Bonchev–Trinajstić information content (AvgIpc) is 2.79. The number of aliphatic hydroxyl groups excluding tert-OH is 1. The quantitative estimate of drug-likeness (QED) is 0.890. The molecule has 0 bridgehead atoms. The maximum absolute atomic E-state index is 10.2. The monoisotopic (exact) mass is 253 g/mol. The topological polar surface area (TPSA) is 23.5 Å². The van der Waals surface area contributed by atoms with E-state index in [9.17, 15) is 5.11 Å². The third-order valence-corrected chi connectivity index (χ3v) is 4.56. The summed E-state index contributed by atoms with van der Waals surface area (Å²) in [5, 5.41) is 12.3. The van der Waals surface area contributed by atoms with Gasteiger partial charge in [0.15, 0.2) is 0 Å². The van der Waals surface area contributed by atoms with Crippen molar-refractivity contribution in [2.75, 3.05) is 0 Å². The van der Waals surface area contributed by atoms with Gasteiger partial charge in [-0.1, -0.05) is 18.9 Å². The van der Waals surface area contributed by atoms with E-state index in [1.165, 1.54) is 17.7 Å². The van der Waals surface area contributed by atoms with Crippen LogP contribution in [0.5, 0.6) is 0 Å². The average molecular weight is 253 g/mol. The van der Waals surface area contributed by atoms with Crippen molar-refractivity contribution in [3.05, 3.63) is 22.4 Å². The Morgan fingerprint density at radius 1 is 1.41 bits per heavy atom. The van der Waals surface area contributed by atoms with Crippen LogP contribution in [0.1, 0.15) is 44.4 Å². The summed E-state index contributed by atoms with van der Waals surface area (Å²) >= 11 is 1.81. The van der Waals surface area contributed by atoms with Crippen molar-refractivity contribution in [3.8, 4) is 0 Å². The smallest absolute Gasteiger partial charge is 0.0695 e. The van der Waals surface area contributed by atoms with Gasteiger partial charge in [-0.15, -0.1) is 11.3 Å². The minimum absolute atomic E-state index is 0.133. The van der Waals surface area contributed by atoms with Crippen LogP contribution >= 0.6 is 11.3 Å². The Kier molecular flexibility index (Phi) is 4.60. The summed E-state index contributed by atoms with van der Waals surface area (Å²) in [5.41, 5.74) is 0. The second-order valence-electron chi connectivity index (χ2n) is 5.26. The van der Waals surface area contributed by atoms with Gasteiger partial charge in [-0.2, -0.15) is 0 Å². The van der Waals surface area contributed by atoms with Crippen LogP contribution in [-0.2, 0) is 6.54 Å². The molecule has 1 aliphatic rings. The predicted molar refractivity (Wildman–Crippen MR) is 73.3 cm³/mol. The minimum atomic E-state index is -0.133. The second-order valence-corrected chi connectivity index (χ2v) is 6.30. The molecule has 1 fully saturated rings. The van der Waals surface area contributed by atoms with Crippen LogP contribution in [0.15, 0.2) is 17.5 Å². The molecule has 0 saturated heterocycles. The normalized spacial score (nSPS) is 25.7. The van der Waals surface area contributed by atoms with E-state index < -0.39 is 0 Å². The van der Waals surface area contributed by atoms with Gasteiger partial charge in [0.05, 0.1) is 6.10 Å². The van der Waals surface area contributed by atoms with Gasteiger partial charge in [0.25, 0.3) is 0 Å². The predicted octanol–water partition coefficient (Wildman–Crippen LogP) is 3.26. The molecule has 1 aromatic heterocycles. The van der Waals surface area contributed by atoms with E-state index in [1.807, 2.05) is 11.3 Å². The molecule has 0 aromatic carbocycles. The van der Waals surface area contributed by atoms with E-state index in [-0.39, 0.29) is 6.10 Å². The van der Waals surface area contributed by atoms with Crippen LogP contribution in [0.3, 0.4) is 0 Å². The summed E-state index contributed by atoms with van der Waals surface area (Å²) in [4.78, 5) is 3.87. The van der Waals surface area contributed by atoms with Crippen LogP contribution in [-0.4, -0.2) is 28.2 Å². The summed E-state index contributed by atoms with van der Waals surface area (Å²) < 4.78 is 0. The molecule has 0 radical (unpaired) electrons. The standard InChI is InChI=1S/C14H23NOS/c1-11(2)15(10-12-6-5-9-17-12)13-7-3-4-8-14(13)16/h5-6,9,11,13-14,16H,3-4,7-8,10H2,1-2H3/t13-,14-/m0/s1. The van der Waals surface area contributed by atoms with Gasteiger partial charge in [-0.25, -0.2) is 0 Å². The number of aliphatic hydroxyl groups is 1. The van der Waals surface area contributed by atoms with Gasteiger partial charge < -0.3 is 5.11 Å². The van der Waals surface area contributed by atoms with Gasteiger partial charge >= 0.3 is 0 Å². The highest BCUT2D eigenvalue weighted by molar-refractivity contribution is 7.09. The van der Waals surface area contributed by atoms with E-state index in [0.29, 0.717) is 12.1 Å². The number of hydrogen-bond donors (Lipinski definition) is 1. The first-order valence-corrected chi connectivity index (χ1v) is 7.52. The summed E-state index contributed by atoms with van der Waals surface area (Å²) in [5.74, 6) is 0. The molecule has 1 heterocycles. The molecule has 2 atom stereocenters. The van der Waals surface area contributed by atoms with Crippen LogP contribution < -0.4 is 0 Å².